The molecule has 3 aromatic rings. The van der Waals surface area contributed by atoms with Crippen molar-refractivity contribution in [2.75, 3.05) is 24.6 Å². The third kappa shape index (κ3) is 3.86. The summed E-state index contributed by atoms with van der Waals surface area (Å²) in [5, 5.41) is 0.0862. The quantitative estimate of drug-likeness (QED) is 0.610. The van der Waals surface area contributed by atoms with E-state index in [1.807, 2.05) is 4.90 Å². The maximum Gasteiger partial charge on any atom is 0.255 e. The minimum atomic E-state index is -1.01. The van der Waals surface area contributed by atoms with Gasteiger partial charge in [-0.3, -0.25) is 14.3 Å². The van der Waals surface area contributed by atoms with Crippen molar-refractivity contribution in [2.24, 2.45) is 7.05 Å². The van der Waals surface area contributed by atoms with Crippen LogP contribution >= 0.6 is 11.6 Å². The fourth-order valence-corrected chi connectivity index (χ4v) is 3.56. The lowest BCUT2D eigenvalue weighted by molar-refractivity contribution is 0.0388. The lowest BCUT2D eigenvalue weighted by Gasteiger charge is -2.35. The van der Waals surface area contributed by atoms with Crippen molar-refractivity contribution in [3.05, 3.63) is 75.3 Å². The van der Waals surface area contributed by atoms with Gasteiger partial charge in [-0.15, -0.1) is 0 Å². The van der Waals surface area contributed by atoms with Gasteiger partial charge in [0.1, 0.15) is 6.10 Å². The Labute approximate surface area is 170 Å². The Morgan fingerprint density at radius 1 is 1.17 bits per heavy atom. The van der Waals surface area contributed by atoms with Gasteiger partial charge in [-0.1, -0.05) is 11.6 Å². The molecule has 1 aliphatic heterocycles. The summed E-state index contributed by atoms with van der Waals surface area (Å²) in [6.07, 6.45) is 2.67. The van der Waals surface area contributed by atoms with E-state index in [-0.39, 0.29) is 17.1 Å². The largest absolute Gasteiger partial charge is 0.370 e. The van der Waals surface area contributed by atoms with Crippen LogP contribution in [-0.4, -0.2) is 34.2 Å². The SMILES string of the molecule is Cn1c(N2CCO[C@H](c3cc(F)c(F)cc3Cl)C2)nc(-c2ccncc2)cc1=O. The first-order valence-electron chi connectivity index (χ1n) is 8.93. The summed E-state index contributed by atoms with van der Waals surface area (Å²) in [4.78, 5) is 23.0. The molecule has 29 heavy (non-hydrogen) atoms. The Bertz CT molecular complexity index is 1110. The predicted octanol–water partition coefficient (Wildman–Crippen LogP) is 3.35. The average Bonchev–Trinajstić information content (AvgIpc) is 2.73. The van der Waals surface area contributed by atoms with Gasteiger partial charge < -0.3 is 9.64 Å². The van der Waals surface area contributed by atoms with Gasteiger partial charge in [0.25, 0.3) is 5.56 Å². The van der Waals surface area contributed by atoms with Crippen LogP contribution in [0.15, 0.2) is 47.5 Å². The van der Waals surface area contributed by atoms with Crippen LogP contribution in [0.4, 0.5) is 14.7 Å². The van der Waals surface area contributed by atoms with Crippen molar-refractivity contribution >= 4 is 17.5 Å². The number of pyridine rings is 1. The molecular weight excluding hydrogens is 402 g/mol. The zero-order chi connectivity index (χ0) is 20.5. The molecule has 0 saturated carbocycles. The third-order valence-corrected chi connectivity index (χ3v) is 5.15. The standard InChI is InChI=1S/C20H17ClF2N4O2/c1-26-19(28)10-17(12-2-4-24-5-3-12)25-20(26)27-6-7-29-18(11-27)13-8-15(22)16(23)9-14(13)21/h2-5,8-10,18H,6-7,11H2,1H3/t18-/m0/s1. The molecule has 1 atom stereocenters. The highest BCUT2D eigenvalue weighted by molar-refractivity contribution is 6.31. The predicted molar refractivity (Wildman–Crippen MR) is 105 cm³/mol. The van der Waals surface area contributed by atoms with Gasteiger partial charge in [0.2, 0.25) is 5.95 Å². The number of hydrogen-bond acceptors (Lipinski definition) is 5. The van der Waals surface area contributed by atoms with Gasteiger partial charge in [0.05, 0.1) is 18.8 Å². The summed E-state index contributed by atoms with van der Waals surface area (Å²) < 4.78 is 34.3. The lowest BCUT2D eigenvalue weighted by atomic mass is 10.1. The number of ether oxygens (including phenoxy) is 1. The molecular formula is C20H17ClF2N4O2. The number of halogens is 3. The number of aromatic nitrogens is 3. The highest BCUT2D eigenvalue weighted by atomic mass is 35.5. The highest BCUT2D eigenvalue weighted by Gasteiger charge is 2.27. The van der Waals surface area contributed by atoms with Crippen LogP contribution in [-0.2, 0) is 11.8 Å². The summed E-state index contributed by atoms with van der Waals surface area (Å²) in [5.74, 6) is -1.55. The van der Waals surface area contributed by atoms with E-state index in [1.165, 1.54) is 10.6 Å². The van der Waals surface area contributed by atoms with Crippen LogP contribution < -0.4 is 10.5 Å². The van der Waals surface area contributed by atoms with Gasteiger partial charge in [0, 0.05) is 48.2 Å². The summed E-state index contributed by atoms with van der Waals surface area (Å²) in [5.41, 5.74) is 1.44. The van der Waals surface area contributed by atoms with Crippen molar-refractivity contribution < 1.29 is 13.5 Å². The molecule has 1 aliphatic rings. The average molecular weight is 419 g/mol. The first kappa shape index (κ1) is 19.5. The smallest absolute Gasteiger partial charge is 0.255 e. The molecule has 6 nitrogen and oxygen atoms in total. The molecule has 1 aromatic carbocycles. The number of nitrogens with zero attached hydrogens (tertiary/aromatic N) is 4. The molecule has 2 aromatic heterocycles. The van der Waals surface area contributed by atoms with E-state index in [2.05, 4.69) is 9.97 Å². The normalized spacial score (nSPS) is 16.8. The van der Waals surface area contributed by atoms with E-state index in [9.17, 15) is 13.6 Å². The van der Waals surface area contributed by atoms with Gasteiger partial charge in [0.15, 0.2) is 11.6 Å². The molecule has 150 valence electrons. The number of rotatable bonds is 3. The molecule has 4 rings (SSSR count). The fraction of sp³-hybridized carbons (Fsp3) is 0.250. The van der Waals surface area contributed by atoms with E-state index in [1.54, 1.807) is 31.6 Å². The zero-order valence-corrected chi connectivity index (χ0v) is 16.2. The van der Waals surface area contributed by atoms with Gasteiger partial charge >= 0.3 is 0 Å². The Morgan fingerprint density at radius 3 is 2.66 bits per heavy atom. The van der Waals surface area contributed by atoms with Gasteiger partial charge in [-0.2, -0.15) is 0 Å². The summed E-state index contributed by atoms with van der Waals surface area (Å²) in [6.45, 7) is 1.08. The molecule has 0 radical (unpaired) electrons. The Hall–Kier alpha value is -2.84. The van der Waals surface area contributed by atoms with Gasteiger partial charge in [-0.25, -0.2) is 13.8 Å². The zero-order valence-electron chi connectivity index (χ0n) is 15.5. The molecule has 0 unspecified atom stereocenters. The maximum atomic E-state index is 13.7. The lowest BCUT2D eigenvalue weighted by Crippen LogP contribution is -2.41. The molecule has 1 saturated heterocycles. The van der Waals surface area contributed by atoms with Crippen molar-refractivity contribution in [3.8, 4) is 11.3 Å². The molecule has 0 aliphatic carbocycles. The summed E-state index contributed by atoms with van der Waals surface area (Å²) in [6, 6.07) is 6.99. The second-order valence-corrected chi connectivity index (χ2v) is 7.08. The minimum Gasteiger partial charge on any atom is -0.370 e. The monoisotopic (exact) mass is 418 g/mol. The molecule has 0 spiro atoms. The molecule has 0 bridgehead atoms. The van der Waals surface area contributed by atoms with Crippen LogP contribution in [0.2, 0.25) is 5.02 Å². The first-order chi connectivity index (χ1) is 13.9. The fourth-order valence-electron chi connectivity index (χ4n) is 3.28. The maximum absolute atomic E-state index is 13.7. The Kier molecular flexibility index (Phi) is 5.29. The van der Waals surface area contributed by atoms with Crippen LogP contribution in [0.1, 0.15) is 11.7 Å². The topological polar surface area (TPSA) is 60.2 Å². The Morgan fingerprint density at radius 2 is 1.90 bits per heavy atom. The van der Waals surface area contributed by atoms with Crippen LogP contribution in [0.5, 0.6) is 0 Å². The second-order valence-electron chi connectivity index (χ2n) is 6.67. The van der Waals surface area contributed by atoms with Gasteiger partial charge in [-0.05, 0) is 24.3 Å². The molecule has 0 N–H and O–H groups in total. The molecule has 3 heterocycles. The van der Waals surface area contributed by atoms with Crippen molar-refractivity contribution in [3.63, 3.8) is 0 Å². The van der Waals surface area contributed by atoms with Crippen LogP contribution in [0, 0.1) is 11.6 Å². The highest BCUT2D eigenvalue weighted by Crippen LogP contribution is 2.31. The van der Waals surface area contributed by atoms with Crippen molar-refractivity contribution in [1.82, 2.24) is 14.5 Å². The number of anilines is 1. The van der Waals surface area contributed by atoms with Crippen LogP contribution in [0.25, 0.3) is 11.3 Å². The molecule has 9 heteroatoms. The van der Waals surface area contributed by atoms with Crippen molar-refractivity contribution in [1.29, 1.82) is 0 Å². The van der Waals surface area contributed by atoms with E-state index in [4.69, 9.17) is 16.3 Å². The Balaban J connectivity index is 1.69. The number of hydrogen-bond donors (Lipinski definition) is 0. The number of benzene rings is 1. The van der Waals surface area contributed by atoms with Crippen LogP contribution in [0.3, 0.4) is 0 Å². The summed E-state index contributed by atoms with van der Waals surface area (Å²) >= 11 is 6.11. The summed E-state index contributed by atoms with van der Waals surface area (Å²) in [7, 11) is 1.63. The van der Waals surface area contributed by atoms with E-state index in [0.29, 0.717) is 30.4 Å². The van der Waals surface area contributed by atoms with Crippen molar-refractivity contribution in [2.45, 2.75) is 6.10 Å². The number of morpholine rings is 1. The van der Waals surface area contributed by atoms with E-state index < -0.39 is 17.7 Å². The van der Waals surface area contributed by atoms with E-state index in [0.717, 1.165) is 17.7 Å². The molecule has 1 fully saturated rings. The second kappa shape index (κ2) is 7.88. The molecule has 0 amide bonds. The third-order valence-electron chi connectivity index (χ3n) is 4.82. The van der Waals surface area contributed by atoms with E-state index >= 15 is 0 Å². The minimum absolute atomic E-state index is 0.0862. The first-order valence-corrected chi connectivity index (χ1v) is 9.31.